The topological polar surface area (TPSA) is 72.2 Å². The molecule has 5 nitrogen and oxygen atoms in total. The van der Waals surface area contributed by atoms with E-state index in [1.807, 2.05) is 6.92 Å². The summed E-state index contributed by atoms with van der Waals surface area (Å²) in [5.41, 5.74) is -0.208. The number of halogens is 1. The molecule has 1 atom stereocenters. The molecular formula is C12H13ClN2O3. The van der Waals surface area contributed by atoms with E-state index in [1.54, 1.807) is 0 Å². The van der Waals surface area contributed by atoms with Crippen molar-refractivity contribution in [1.29, 1.82) is 0 Å². The predicted molar refractivity (Wildman–Crippen MR) is 67.8 cm³/mol. The highest BCUT2D eigenvalue weighted by atomic mass is 35.5. The van der Waals surface area contributed by atoms with Crippen LogP contribution < -0.4 is 5.32 Å². The van der Waals surface area contributed by atoms with Gasteiger partial charge in [-0.3, -0.25) is 14.9 Å². The molecule has 0 aromatic heterocycles. The Balaban J connectivity index is 2.22. The quantitative estimate of drug-likeness (QED) is 0.674. The lowest BCUT2D eigenvalue weighted by molar-refractivity contribution is -0.385. The summed E-state index contributed by atoms with van der Waals surface area (Å²) in [7, 11) is 0. The average molecular weight is 269 g/mol. The van der Waals surface area contributed by atoms with E-state index < -0.39 is 10.8 Å². The van der Waals surface area contributed by atoms with Gasteiger partial charge >= 0.3 is 0 Å². The number of rotatable bonds is 4. The summed E-state index contributed by atoms with van der Waals surface area (Å²) in [4.78, 5) is 22.3. The Morgan fingerprint density at radius 1 is 1.56 bits per heavy atom. The molecule has 0 radical (unpaired) electrons. The fourth-order valence-electron chi connectivity index (χ4n) is 1.85. The fourth-order valence-corrected chi connectivity index (χ4v) is 2.02. The van der Waals surface area contributed by atoms with E-state index in [9.17, 15) is 14.9 Å². The summed E-state index contributed by atoms with van der Waals surface area (Å²) in [6, 6.07) is 4.02. The number of carbonyl (C=O) groups is 1. The van der Waals surface area contributed by atoms with Gasteiger partial charge in [0.25, 0.3) is 11.6 Å². The third kappa shape index (κ3) is 2.79. The zero-order valence-corrected chi connectivity index (χ0v) is 10.6. The molecule has 6 heteroatoms. The van der Waals surface area contributed by atoms with Crippen LogP contribution in [0, 0.1) is 16.0 Å². The lowest BCUT2D eigenvalue weighted by atomic mass is 10.1. The number of nitrogens with zero attached hydrogens (tertiary/aromatic N) is 1. The van der Waals surface area contributed by atoms with E-state index in [4.69, 9.17) is 11.6 Å². The van der Waals surface area contributed by atoms with Gasteiger partial charge in [-0.1, -0.05) is 11.6 Å². The Morgan fingerprint density at radius 2 is 2.22 bits per heavy atom. The minimum absolute atomic E-state index is 0.0139. The zero-order valence-electron chi connectivity index (χ0n) is 9.85. The third-order valence-electron chi connectivity index (χ3n) is 3.09. The first-order valence-corrected chi connectivity index (χ1v) is 6.11. The highest BCUT2D eigenvalue weighted by Crippen LogP contribution is 2.32. The molecule has 0 aliphatic heterocycles. The van der Waals surface area contributed by atoms with Crippen LogP contribution in [0.15, 0.2) is 18.2 Å². The van der Waals surface area contributed by atoms with E-state index in [-0.39, 0.29) is 17.3 Å². The summed E-state index contributed by atoms with van der Waals surface area (Å²) in [5, 5.41) is 13.9. The van der Waals surface area contributed by atoms with Crippen molar-refractivity contribution in [2.75, 3.05) is 0 Å². The molecule has 0 bridgehead atoms. The van der Waals surface area contributed by atoms with E-state index in [0.29, 0.717) is 10.9 Å². The van der Waals surface area contributed by atoms with Crippen LogP contribution in [0.25, 0.3) is 0 Å². The standard InChI is InChI=1S/C12H13ClN2O3/c1-7(8-2-3-8)14-12(16)10-6-9(13)4-5-11(10)15(17)18/h4-8H,2-3H2,1H3,(H,14,16). The number of carbonyl (C=O) groups excluding carboxylic acids is 1. The van der Waals surface area contributed by atoms with Crippen LogP contribution in [0.5, 0.6) is 0 Å². The number of benzene rings is 1. The fraction of sp³-hybridized carbons (Fsp3) is 0.417. The Morgan fingerprint density at radius 3 is 2.78 bits per heavy atom. The van der Waals surface area contributed by atoms with Crippen molar-refractivity contribution in [3.63, 3.8) is 0 Å². The highest BCUT2D eigenvalue weighted by molar-refractivity contribution is 6.31. The molecule has 1 unspecified atom stereocenters. The third-order valence-corrected chi connectivity index (χ3v) is 3.32. The van der Waals surface area contributed by atoms with Crippen LogP contribution in [0.4, 0.5) is 5.69 Å². The molecule has 1 aromatic rings. The van der Waals surface area contributed by atoms with Gasteiger partial charge < -0.3 is 5.32 Å². The monoisotopic (exact) mass is 268 g/mol. The first-order valence-electron chi connectivity index (χ1n) is 5.74. The number of nitro groups is 1. The van der Waals surface area contributed by atoms with Crippen molar-refractivity contribution < 1.29 is 9.72 Å². The summed E-state index contributed by atoms with van der Waals surface area (Å²) < 4.78 is 0. The number of hydrogen-bond acceptors (Lipinski definition) is 3. The molecule has 2 rings (SSSR count). The first-order chi connectivity index (χ1) is 8.49. The van der Waals surface area contributed by atoms with Crippen LogP contribution in [-0.2, 0) is 0 Å². The second kappa shape index (κ2) is 4.94. The molecule has 96 valence electrons. The van der Waals surface area contributed by atoms with Gasteiger partial charge in [-0.2, -0.15) is 0 Å². The van der Waals surface area contributed by atoms with Crippen molar-refractivity contribution in [2.24, 2.45) is 5.92 Å². The maximum atomic E-state index is 12.0. The molecule has 0 heterocycles. The van der Waals surface area contributed by atoms with E-state index in [2.05, 4.69) is 5.32 Å². The Labute approximate surface area is 109 Å². The predicted octanol–water partition coefficient (Wildman–Crippen LogP) is 2.78. The van der Waals surface area contributed by atoms with Crippen LogP contribution in [0.3, 0.4) is 0 Å². The van der Waals surface area contributed by atoms with E-state index in [0.717, 1.165) is 12.8 Å². The summed E-state index contributed by atoms with van der Waals surface area (Å²) >= 11 is 5.77. The van der Waals surface area contributed by atoms with Gasteiger partial charge in [0.15, 0.2) is 0 Å². The number of nitrogens with one attached hydrogen (secondary N) is 1. The van der Waals surface area contributed by atoms with Crippen LogP contribution in [-0.4, -0.2) is 16.9 Å². The Kier molecular flexibility index (Phi) is 3.52. The maximum Gasteiger partial charge on any atom is 0.282 e. The largest absolute Gasteiger partial charge is 0.349 e. The zero-order chi connectivity index (χ0) is 13.3. The molecule has 1 fully saturated rings. The van der Waals surface area contributed by atoms with Crippen LogP contribution in [0.2, 0.25) is 5.02 Å². The van der Waals surface area contributed by atoms with Gasteiger partial charge in [-0.05, 0) is 37.8 Å². The lowest BCUT2D eigenvalue weighted by Gasteiger charge is -2.12. The second-order valence-electron chi connectivity index (χ2n) is 4.52. The van der Waals surface area contributed by atoms with Crippen LogP contribution in [0.1, 0.15) is 30.1 Å². The van der Waals surface area contributed by atoms with Gasteiger partial charge in [-0.25, -0.2) is 0 Å². The van der Waals surface area contributed by atoms with Gasteiger partial charge in [0.1, 0.15) is 5.56 Å². The molecule has 1 amide bonds. The minimum Gasteiger partial charge on any atom is -0.349 e. The molecule has 1 aromatic carbocycles. The van der Waals surface area contributed by atoms with Gasteiger partial charge in [0.2, 0.25) is 0 Å². The van der Waals surface area contributed by atoms with Crippen molar-refractivity contribution in [3.05, 3.63) is 38.9 Å². The minimum atomic E-state index is -0.576. The molecule has 0 saturated heterocycles. The first kappa shape index (κ1) is 12.8. The Hall–Kier alpha value is -1.62. The molecule has 1 aliphatic carbocycles. The van der Waals surface area contributed by atoms with E-state index >= 15 is 0 Å². The van der Waals surface area contributed by atoms with E-state index in [1.165, 1.54) is 18.2 Å². The summed E-state index contributed by atoms with van der Waals surface area (Å²) in [6.07, 6.45) is 2.19. The maximum absolute atomic E-state index is 12.0. The highest BCUT2D eigenvalue weighted by Gasteiger charge is 2.30. The summed E-state index contributed by atoms with van der Waals surface area (Å²) in [6.45, 7) is 1.91. The smallest absolute Gasteiger partial charge is 0.282 e. The Bertz CT molecular complexity index is 500. The second-order valence-corrected chi connectivity index (χ2v) is 4.95. The average Bonchev–Trinajstić information content (AvgIpc) is 3.11. The molecule has 0 spiro atoms. The number of nitro benzene ring substituents is 1. The molecule has 1 aliphatic rings. The van der Waals surface area contributed by atoms with Crippen molar-refractivity contribution in [1.82, 2.24) is 5.32 Å². The van der Waals surface area contributed by atoms with Crippen molar-refractivity contribution in [2.45, 2.75) is 25.8 Å². The normalized spacial score (nSPS) is 16.1. The summed E-state index contributed by atoms with van der Waals surface area (Å²) in [5.74, 6) is 0.0517. The molecule has 1 N–H and O–H groups in total. The van der Waals surface area contributed by atoms with Crippen molar-refractivity contribution in [3.8, 4) is 0 Å². The van der Waals surface area contributed by atoms with Gasteiger partial charge in [0, 0.05) is 17.1 Å². The van der Waals surface area contributed by atoms with Crippen LogP contribution >= 0.6 is 11.6 Å². The SMILES string of the molecule is CC(NC(=O)c1cc(Cl)ccc1[N+](=O)[O-])C1CC1. The number of hydrogen-bond donors (Lipinski definition) is 1. The van der Waals surface area contributed by atoms with Gasteiger partial charge in [0.05, 0.1) is 4.92 Å². The van der Waals surface area contributed by atoms with Gasteiger partial charge in [-0.15, -0.1) is 0 Å². The molecular weight excluding hydrogens is 256 g/mol. The molecule has 1 saturated carbocycles. The van der Waals surface area contributed by atoms with Crippen molar-refractivity contribution >= 4 is 23.2 Å². The molecule has 18 heavy (non-hydrogen) atoms. The lowest BCUT2D eigenvalue weighted by Crippen LogP contribution is -2.34. The number of amides is 1.